The molecule has 0 unspecified atom stereocenters. The van der Waals surface area contributed by atoms with Crippen molar-refractivity contribution in [3.8, 4) is 0 Å². The number of benzene rings is 2. The van der Waals surface area contributed by atoms with Crippen LogP contribution in [0.2, 0.25) is 0 Å². The van der Waals surface area contributed by atoms with Gasteiger partial charge in [-0.2, -0.15) is 0 Å². The molecule has 3 nitrogen and oxygen atoms in total. The topological polar surface area (TPSA) is 41.1 Å². The Morgan fingerprint density at radius 2 is 1.67 bits per heavy atom. The lowest BCUT2D eigenvalue weighted by Crippen LogP contribution is -2.15. The maximum atomic E-state index is 13.1. The molecule has 2 aromatic rings. The first-order valence-corrected chi connectivity index (χ1v) is 6.16. The molecule has 0 aliphatic rings. The minimum absolute atomic E-state index is 0.153. The summed E-state index contributed by atoms with van der Waals surface area (Å²) < 4.78 is 39.1. The normalized spacial score (nSPS) is 10.3. The monoisotopic (exact) mass is 294 g/mol. The van der Waals surface area contributed by atoms with Crippen molar-refractivity contribution >= 4 is 17.3 Å². The lowest BCUT2D eigenvalue weighted by Gasteiger charge is -2.11. The summed E-state index contributed by atoms with van der Waals surface area (Å²) in [6.07, 6.45) is 0. The van der Waals surface area contributed by atoms with Crippen molar-refractivity contribution in [2.24, 2.45) is 0 Å². The summed E-state index contributed by atoms with van der Waals surface area (Å²) in [5.41, 5.74) is 1.60. The summed E-state index contributed by atoms with van der Waals surface area (Å²) in [7, 11) is 1.65. The second kappa shape index (κ2) is 5.87. The molecule has 0 heterocycles. The van der Waals surface area contributed by atoms with E-state index in [0.29, 0.717) is 11.3 Å². The van der Waals surface area contributed by atoms with Crippen molar-refractivity contribution in [1.82, 2.24) is 0 Å². The molecule has 2 N–H and O–H groups in total. The molecular weight excluding hydrogens is 281 g/mol. The minimum atomic E-state index is -1.57. The SMILES string of the molecule is CNc1ccc(C)cc1C(=O)Nc1cc(F)c(F)c(F)c1. The highest BCUT2D eigenvalue weighted by Gasteiger charge is 2.15. The van der Waals surface area contributed by atoms with E-state index in [1.165, 1.54) is 0 Å². The Morgan fingerprint density at radius 3 is 2.24 bits per heavy atom. The zero-order valence-corrected chi connectivity index (χ0v) is 11.4. The van der Waals surface area contributed by atoms with E-state index in [-0.39, 0.29) is 5.69 Å². The van der Waals surface area contributed by atoms with Gasteiger partial charge in [-0.3, -0.25) is 4.79 Å². The molecule has 6 heteroatoms. The van der Waals surface area contributed by atoms with Gasteiger partial charge >= 0.3 is 0 Å². The predicted octanol–water partition coefficient (Wildman–Crippen LogP) is 3.71. The number of rotatable bonds is 3. The van der Waals surface area contributed by atoms with Gasteiger partial charge in [-0.25, -0.2) is 13.2 Å². The van der Waals surface area contributed by atoms with Gasteiger partial charge in [-0.05, 0) is 19.1 Å². The Bertz CT molecular complexity index is 678. The number of amides is 1. The molecule has 0 saturated heterocycles. The standard InChI is InChI=1S/C15H13F3N2O/c1-8-3-4-13(19-2)10(5-8)15(21)20-9-6-11(16)14(18)12(17)7-9/h3-7,19H,1-2H3,(H,20,21). The molecule has 0 spiro atoms. The van der Waals surface area contributed by atoms with E-state index in [0.717, 1.165) is 17.7 Å². The van der Waals surface area contributed by atoms with Gasteiger partial charge in [0.2, 0.25) is 0 Å². The highest BCUT2D eigenvalue weighted by atomic mass is 19.2. The summed E-state index contributed by atoms with van der Waals surface area (Å²) in [5, 5.41) is 5.20. The number of carbonyl (C=O) groups excluding carboxylic acids is 1. The second-order valence-corrected chi connectivity index (χ2v) is 4.51. The van der Waals surface area contributed by atoms with Crippen LogP contribution in [0.1, 0.15) is 15.9 Å². The molecule has 0 aliphatic carbocycles. The van der Waals surface area contributed by atoms with Crippen molar-refractivity contribution < 1.29 is 18.0 Å². The van der Waals surface area contributed by atoms with Crippen molar-refractivity contribution in [1.29, 1.82) is 0 Å². The fourth-order valence-electron chi connectivity index (χ4n) is 1.89. The van der Waals surface area contributed by atoms with Gasteiger partial charge in [-0.1, -0.05) is 11.6 Å². The van der Waals surface area contributed by atoms with Crippen LogP contribution < -0.4 is 10.6 Å². The first-order chi connectivity index (χ1) is 9.92. The molecule has 0 fully saturated rings. The molecular formula is C15H13F3N2O. The summed E-state index contributed by atoms with van der Waals surface area (Å²) in [4.78, 5) is 12.2. The maximum absolute atomic E-state index is 13.1. The average Bonchev–Trinajstić information content (AvgIpc) is 2.44. The third kappa shape index (κ3) is 3.16. The highest BCUT2D eigenvalue weighted by molar-refractivity contribution is 6.08. The highest BCUT2D eigenvalue weighted by Crippen LogP contribution is 2.21. The zero-order chi connectivity index (χ0) is 15.6. The summed E-state index contributed by atoms with van der Waals surface area (Å²) >= 11 is 0. The van der Waals surface area contributed by atoms with Crippen LogP contribution in [0.5, 0.6) is 0 Å². The Balaban J connectivity index is 2.32. The molecule has 0 bridgehead atoms. The van der Waals surface area contributed by atoms with Crippen LogP contribution in [0.15, 0.2) is 30.3 Å². The van der Waals surface area contributed by atoms with Crippen LogP contribution in [-0.4, -0.2) is 13.0 Å². The fourth-order valence-corrected chi connectivity index (χ4v) is 1.89. The summed E-state index contributed by atoms with van der Waals surface area (Å²) in [5.74, 6) is -4.83. The molecule has 2 rings (SSSR count). The van der Waals surface area contributed by atoms with Gasteiger partial charge in [0.05, 0.1) is 5.56 Å². The van der Waals surface area contributed by atoms with Gasteiger partial charge in [0, 0.05) is 30.6 Å². The number of hydrogen-bond donors (Lipinski definition) is 2. The van der Waals surface area contributed by atoms with Gasteiger partial charge in [0.1, 0.15) is 0 Å². The van der Waals surface area contributed by atoms with E-state index in [4.69, 9.17) is 0 Å². The van der Waals surface area contributed by atoms with Crippen molar-refractivity contribution in [2.45, 2.75) is 6.92 Å². The van der Waals surface area contributed by atoms with Crippen molar-refractivity contribution in [2.75, 3.05) is 17.7 Å². The molecule has 110 valence electrons. The zero-order valence-electron chi connectivity index (χ0n) is 11.4. The summed E-state index contributed by atoms with van der Waals surface area (Å²) in [6, 6.07) is 6.63. The number of aryl methyl sites for hydroxylation is 1. The molecule has 0 radical (unpaired) electrons. The van der Waals surface area contributed by atoms with Gasteiger partial charge in [0.25, 0.3) is 5.91 Å². The van der Waals surface area contributed by atoms with Crippen LogP contribution in [0.25, 0.3) is 0 Å². The molecule has 0 atom stereocenters. The Labute approximate surface area is 119 Å². The number of halogens is 3. The lowest BCUT2D eigenvalue weighted by molar-refractivity contribution is 0.102. The molecule has 2 aromatic carbocycles. The molecule has 0 aliphatic heterocycles. The average molecular weight is 294 g/mol. The third-order valence-corrected chi connectivity index (χ3v) is 2.93. The van der Waals surface area contributed by atoms with Crippen LogP contribution in [0.3, 0.4) is 0 Å². The Kier molecular flexibility index (Phi) is 4.16. The van der Waals surface area contributed by atoms with Gasteiger partial charge in [0.15, 0.2) is 17.5 Å². The van der Waals surface area contributed by atoms with Crippen LogP contribution in [0, 0.1) is 24.4 Å². The summed E-state index contributed by atoms with van der Waals surface area (Å²) in [6.45, 7) is 1.81. The van der Waals surface area contributed by atoms with E-state index in [1.54, 1.807) is 19.2 Å². The smallest absolute Gasteiger partial charge is 0.257 e. The molecule has 0 saturated carbocycles. The van der Waals surface area contributed by atoms with Crippen LogP contribution >= 0.6 is 0 Å². The van der Waals surface area contributed by atoms with E-state index in [2.05, 4.69) is 10.6 Å². The molecule has 1 amide bonds. The largest absolute Gasteiger partial charge is 0.387 e. The number of carbonyl (C=O) groups is 1. The Morgan fingerprint density at radius 1 is 1.05 bits per heavy atom. The van der Waals surface area contributed by atoms with E-state index in [1.807, 2.05) is 13.0 Å². The quantitative estimate of drug-likeness (QED) is 0.847. The molecule has 21 heavy (non-hydrogen) atoms. The first kappa shape index (κ1) is 14.9. The predicted molar refractivity (Wildman–Crippen MR) is 75.0 cm³/mol. The number of hydrogen-bond acceptors (Lipinski definition) is 2. The number of anilines is 2. The van der Waals surface area contributed by atoms with Gasteiger partial charge in [-0.15, -0.1) is 0 Å². The van der Waals surface area contributed by atoms with E-state index < -0.39 is 23.4 Å². The lowest BCUT2D eigenvalue weighted by atomic mass is 10.1. The van der Waals surface area contributed by atoms with E-state index in [9.17, 15) is 18.0 Å². The molecule has 0 aromatic heterocycles. The van der Waals surface area contributed by atoms with E-state index >= 15 is 0 Å². The van der Waals surface area contributed by atoms with Crippen LogP contribution in [0.4, 0.5) is 24.5 Å². The van der Waals surface area contributed by atoms with Crippen molar-refractivity contribution in [3.63, 3.8) is 0 Å². The fraction of sp³-hybridized carbons (Fsp3) is 0.133. The third-order valence-electron chi connectivity index (χ3n) is 2.93. The second-order valence-electron chi connectivity index (χ2n) is 4.51. The maximum Gasteiger partial charge on any atom is 0.257 e. The van der Waals surface area contributed by atoms with Gasteiger partial charge < -0.3 is 10.6 Å². The Hall–Kier alpha value is -2.50. The number of nitrogens with one attached hydrogen (secondary N) is 2. The minimum Gasteiger partial charge on any atom is -0.387 e. The van der Waals surface area contributed by atoms with Crippen molar-refractivity contribution in [3.05, 3.63) is 58.9 Å². The first-order valence-electron chi connectivity index (χ1n) is 6.16. The van der Waals surface area contributed by atoms with Crippen LogP contribution in [-0.2, 0) is 0 Å².